The Balaban J connectivity index is 1.62. The average Bonchev–Trinajstić information content (AvgIpc) is 3.32. The smallest absolute Gasteiger partial charge is 0.227 e. The van der Waals surface area contributed by atoms with Crippen molar-refractivity contribution >= 4 is 11.8 Å². The maximum atomic E-state index is 13.4. The van der Waals surface area contributed by atoms with E-state index in [-0.39, 0.29) is 23.7 Å². The molecule has 170 valence electrons. The molecule has 1 aliphatic heterocycles. The molecule has 0 unspecified atom stereocenters. The van der Waals surface area contributed by atoms with Crippen molar-refractivity contribution in [3.05, 3.63) is 54.1 Å². The number of amides is 2. The molecule has 2 aromatic carbocycles. The predicted octanol–water partition coefficient (Wildman–Crippen LogP) is 4.40. The summed E-state index contributed by atoms with van der Waals surface area (Å²) in [4.78, 5) is 30.5. The van der Waals surface area contributed by atoms with Crippen molar-refractivity contribution in [2.45, 2.75) is 39.0 Å². The SMILES string of the molecule is CCN1CCN(C(=O)C2CCCC2)C[C@H](Cc2ccccc2-c2ccccc2OC)C1=O. The number of rotatable bonds is 6. The first-order chi connectivity index (χ1) is 15.6. The second-order valence-corrected chi connectivity index (χ2v) is 8.94. The number of nitrogens with zero attached hydrogens (tertiary/aromatic N) is 2. The largest absolute Gasteiger partial charge is 0.496 e. The first kappa shape index (κ1) is 22.4. The van der Waals surface area contributed by atoms with E-state index in [1.165, 1.54) is 0 Å². The van der Waals surface area contributed by atoms with Gasteiger partial charge in [-0.15, -0.1) is 0 Å². The van der Waals surface area contributed by atoms with Crippen LogP contribution in [0.2, 0.25) is 0 Å². The number of ether oxygens (including phenoxy) is 1. The molecule has 32 heavy (non-hydrogen) atoms. The Morgan fingerprint density at radius 3 is 2.41 bits per heavy atom. The van der Waals surface area contributed by atoms with Crippen LogP contribution in [-0.4, -0.2) is 54.9 Å². The molecule has 5 heteroatoms. The normalized spacial score (nSPS) is 19.8. The third-order valence-corrected chi connectivity index (χ3v) is 7.02. The summed E-state index contributed by atoms with van der Waals surface area (Å²) >= 11 is 0. The zero-order valence-corrected chi connectivity index (χ0v) is 19.3. The lowest BCUT2D eigenvalue weighted by Gasteiger charge is -2.26. The highest BCUT2D eigenvalue weighted by Gasteiger charge is 2.35. The summed E-state index contributed by atoms with van der Waals surface area (Å²) in [7, 11) is 1.68. The summed E-state index contributed by atoms with van der Waals surface area (Å²) in [5.74, 6) is 1.12. The number of methoxy groups -OCH3 is 1. The molecule has 1 saturated heterocycles. The van der Waals surface area contributed by atoms with Gasteiger partial charge in [0.25, 0.3) is 0 Å². The van der Waals surface area contributed by atoms with Gasteiger partial charge in [-0.3, -0.25) is 9.59 Å². The lowest BCUT2D eigenvalue weighted by atomic mass is 9.90. The standard InChI is InChI=1S/C27H34N2O3/c1-3-28-16-17-29(26(30)20-10-4-5-11-20)19-22(27(28)31)18-21-12-6-7-13-23(21)24-14-8-9-15-25(24)32-2/h6-9,12-15,20,22H,3-5,10-11,16-19H2,1-2H3/t22-/m0/s1. The summed E-state index contributed by atoms with van der Waals surface area (Å²) in [6.45, 7) is 4.46. The minimum absolute atomic E-state index is 0.139. The number of hydrogen-bond acceptors (Lipinski definition) is 3. The summed E-state index contributed by atoms with van der Waals surface area (Å²) < 4.78 is 5.60. The van der Waals surface area contributed by atoms with Crippen LogP contribution < -0.4 is 4.74 Å². The number of hydrogen-bond donors (Lipinski definition) is 0. The van der Waals surface area contributed by atoms with Gasteiger partial charge in [0.05, 0.1) is 13.0 Å². The van der Waals surface area contributed by atoms with E-state index < -0.39 is 0 Å². The van der Waals surface area contributed by atoms with Gasteiger partial charge < -0.3 is 14.5 Å². The van der Waals surface area contributed by atoms with Gasteiger partial charge in [0.15, 0.2) is 0 Å². The van der Waals surface area contributed by atoms with Crippen LogP contribution >= 0.6 is 0 Å². The first-order valence-corrected chi connectivity index (χ1v) is 11.9. The Morgan fingerprint density at radius 2 is 1.69 bits per heavy atom. The van der Waals surface area contributed by atoms with Crippen LogP contribution in [0.4, 0.5) is 0 Å². The first-order valence-electron chi connectivity index (χ1n) is 11.9. The van der Waals surface area contributed by atoms with Crippen molar-refractivity contribution in [2.75, 3.05) is 33.3 Å². The van der Waals surface area contributed by atoms with Gasteiger partial charge in [0.2, 0.25) is 11.8 Å². The Kier molecular flexibility index (Phi) is 7.13. The monoisotopic (exact) mass is 434 g/mol. The molecule has 2 fully saturated rings. The molecule has 1 saturated carbocycles. The van der Waals surface area contributed by atoms with Crippen molar-refractivity contribution in [3.63, 3.8) is 0 Å². The van der Waals surface area contributed by atoms with Gasteiger partial charge in [0, 0.05) is 37.7 Å². The summed E-state index contributed by atoms with van der Waals surface area (Å²) in [5, 5.41) is 0. The van der Waals surface area contributed by atoms with E-state index in [1.807, 2.05) is 47.1 Å². The van der Waals surface area contributed by atoms with Crippen LogP contribution in [-0.2, 0) is 16.0 Å². The molecular weight excluding hydrogens is 400 g/mol. The zero-order valence-electron chi connectivity index (χ0n) is 19.3. The molecule has 1 heterocycles. The maximum Gasteiger partial charge on any atom is 0.227 e. The highest BCUT2D eigenvalue weighted by molar-refractivity contribution is 5.84. The van der Waals surface area contributed by atoms with Gasteiger partial charge in [0.1, 0.15) is 5.75 Å². The fourth-order valence-corrected chi connectivity index (χ4v) is 5.24. The molecule has 0 N–H and O–H groups in total. The number of likely N-dealkylation sites (N-methyl/N-ethyl adjacent to an activating group) is 1. The molecule has 2 aromatic rings. The lowest BCUT2D eigenvalue weighted by molar-refractivity contribution is -0.136. The molecule has 4 rings (SSSR count). The second kappa shape index (κ2) is 10.2. The third-order valence-electron chi connectivity index (χ3n) is 7.02. The summed E-state index contributed by atoms with van der Waals surface area (Å²) in [6, 6.07) is 16.2. The van der Waals surface area contributed by atoms with Crippen molar-refractivity contribution in [1.29, 1.82) is 0 Å². The van der Waals surface area contributed by atoms with E-state index in [0.717, 1.165) is 48.1 Å². The molecule has 0 spiro atoms. The van der Waals surface area contributed by atoms with E-state index >= 15 is 0 Å². The third kappa shape index (κ3) is 4.67. The van der Waals surface area contributed by atoms with Crippen LogP contribution in [0.25, 0.3) is 11.1 Å². The quantitative estimate of drug-likeness (QED) is 0.677. The molecule has 2 aliphatic rings. The van der Waals surface area contributed by atoms with Gasteiger partial charge in [-0.1, -0.05) is 55.3 Å². The lowest BCUT2D eigenvalue weighted by Crippen LogP contribution is -2.40. The zero-order chi connectivity index (χ0) is 22.5. The minimum atomic E-state index is -0.237. The molecule has 1 aliphatic carbocycles. The van der Waals surface area contributed by atoms with Crippen molar-refractivity contribution in [3.8, 4) is 16.9 Å². The topological polar surface area (TPSA) is 49.9 Å². The van der Waals surface area contributed by atoms with Crippen LogP contribution in [0.5, 0.6) is 5.75 Å². The Bertz CT molecular complexity index is 951. The van der Waals surface area contributed by atoms with Crippen LogP contribution in [0.3, 0.4) is 0 Å². The van der Waals surface area contributed by atoms with Crippen LogP contribution in [0, 0.1) is 11.8 Å². The summed E-state index contributed by atoms with van der Waals surface area (Å²) in [5.41, 5.74) is 3.22. The van der Waals surface area contributed by atoms with Gasteiger partial charge >= 0.3 is 0 Å². The average molecular weight is 435 g/mol. The van der Waals surface area contributed by atoms with Crippen LogP contribution in [0.15, 0.2) is 48.5 Å². The Labute approximate surface area is 191 Å². The number of para-hydroxylation sites is 1. The Morgan fingerprint density at radius 1 is 1.00 bits per heavy atom. The van der Waals surface area contributed by atoms with E-state index in [1.54, 1.807) is 7.11 Å². The van der Waals surface area contributed by atoms with Gasteiger partial charge in [-0.2, -0.15) is 0 Å². The highest BCUT2D eigenvalue weighted by Crippen LogP contribution is 2.34. The van der Waals surface area contributed by atoms with Crippen LogP contribution in [0.1, 0.15) is 38.2 Å². The fourth-order valence-electron chi connectivity index (χ4n) is 5.24. The van der Waals surface area contributed by atoms with Crippen molar-refractivity contribution in [1.82, 2.24) is 9.80 Å². The van der Waals surface area contributed by atoms with Crippen molar-refractivity contribution in [2.24, 2.45) is 11.8 Å². The molecule has 0 bridgehead atoms. The molecule has 0 aromatic heterocycles. The minimum Gasteiger partial charge on any atom is -0.496 e. The predicted molar refractivity (Wildman–Crippen MR) is 126 cm³/mol. The number of benzene rings is 2. The summed E-state index contributed by atoms with van der Waals surface area (Å²) in [6.07, 6.45) is 4.86. The molecular formula is C27H34N2O3. The van der Waals surface area contributed by atoms with E-state index in [0.29, 0.717) is 32.6 Å². The fraction of sp³-hybridized carbons (Fsp3) is 0.481. The second-order valence-electron chi connectivity index (χ2n) is 8.94. The molecule has 1 atom stereocenters. The number of carbonyl (C=O) groups excluding carboxylic acids is 2. The molecule has 5 nitrogen and oxygen atoms in total. The highest BCUT2D eigenvalue weighted by atomic mass is 16.5. The Hall–Kier alpha value is -2.82. The van der Waals surface area contributed by atoms with Gasteiger partial charge in [-0.25, -0.2) is 0 Å². The molecule has 2 amide bonds. The molecule has 0 radical (unpaired) electrons. The van der Waals surface area contributed by atoms with Crippen molar-refractivity contribution < 1.29 is 14.3 Å². The maximum absolute atomic E-state index is 13.4. The van der Waals surface area contributed by atoms with E-state index in [2.05, 4.69) is 18.2 Å². The number of carbonyl (C=O) groups is 2. The van der Waals surface area contributed by atoms with E-state index in [9.17, 15) is 9.59 Å². The van der Waals surface area contributed by atoms with E-state index in [4.69, 9.17) is 4.74 Å². The van der Waals surface area contributed by atoms with Gasteiger partial charge in [-0.05, 0) is 43.4 Å².